The van der Waals surface area contributed by atoms with Gasteiger partial charge in [-0.25, -0.2) is 28.4 Å². The molecule has 2 N–H and O–H groups in total. The summed E-state index contributed by atoms with van der Waals surface area (Å²) in [4.78, 5) is 42.4. The van der Waals surface area contributed by atoms with E-state index >= 15 is 0 Å². The van der Waals surface area contributed by atoms with Crippen molar-refractivity contribution < 1.29 is 28.2 Å². The third-order valence-electron chi connectivity index (χ3n) is 7.36. The fourth-order valence-corrected chi connectivity index (χ4v) is 5.09. The third-order valence-corrected chi connectivity index (χ3v) is 7.36. The molecule has 0 aliphatic carbocycles. The minimum atomic E-state index is -1.57. The Balaban J connectivity index is 1.18. The van der Waals surface area contributed by atoms with Crippen molar-refractivity contribution in [1.29, 1.82) is 0 Å². The second-order valence-corrected chi connectivity index (χ2v) is 10.7. The van der Waals surface area contributed by atoms with Crippen LogP contribution in [0.1, 0.15) is 33.0 Å². The zero-order valence-corrected chi connectivity index (χ0v) is 22.3. The number of aromatic nitrogens is 5. The summed E-state index contributed by atoms with van der Waals surface area (Å²) in [6.45, 7) is 6.79. The highest BCUT2D eigenvalue weighted by Gasteiger charge is 2.48. The molecule has 0 unspecified atom stereocenters. The number of carbonyl (C=O) groups excluding carboxylic acids is 2. The highest BCUT2D eigenvalue weighted by molar-refractivity contribution is 5.93. The summed E-state index contributed by atoms with van der Waals surface area (Å²) in [5.41, 5.74) is -2.23. The fraction of sp³-hybridized carbons (Fsp3) is 0.462. The average Bonchev–Trinajstić information content (AvgIpc) is 3.37. The van der Waals surface area contributed by atoms with Crippen molar-refractivity contribution >= 4 is 17.6 Å². The van der Waals surface area contributed by atoms with Crippen LogP contribution < -0.4 is 10.1 Å². The first-order valence-corrected chi connectivity index (χ1v) is 12.9. The number of piperazine rings is 1. The molecule has 0 bridgehead atoms. The van der Waals surface area contributed by atoms with E-state index in [0.717, 1.165) is 18.0 Å². The molecule has 40 heavy (non-hydrogen) atoms. The van der Waals surface area contributed by atoms with Crippen molar-refractivity contribution in [3.05, 3.63) is 54.4 Å². The molecule has 2 aliphatic heterocycles. The Morgan fingerprint density at radius 2 is 1.93 bits per heavy atom. The topological polar surface area (TPSA) is 139 Å². The van der Waals surface area contributed by atoms with Gasteiger partial charge in [-0.05, 0) is 39.3 Å². The van der Waals surface area contributed by atoms with Crippen LogP contribution in [-0.4, -0.2) is 88.3 Å². The van der Waals surface area contributed by atoms with Crippen molar-refractivity contribution in [1.82, 2.24) is 34.5 Å². The van der Waals surface area contributed by atoms with E-state index < -0.39 is 28.8 Å². The van der Waals surface area contributed by atoms with Gasteiger partial charge >= 0.3 is 0 Å². The minimum absolute atomic E-state index is 0.0289. The molecule has 212 valence electrons. The van der Waals surface area contributed by atoms with E-state index in [4.69, 9.17) is 4.74 Å². The highest BCUT2D eigenvalue weighted by atomic mass is 19.1. The van der Waals surface area contributed by atoms with Crippen molar-refractivity contribution in [2.75, 3.05) is 25.0 Å². The number of carbonyl (C=O) groups is 2. The summed E-state index contributed by atoms with van der Waals surface area (Å²) in [6, 6.07) is 2.34. The molecule has 2 amide bonds. The summed E-state index contributed by atoms with van der Waals surface area (Å²) in [5, 5.41) is 18.0. The Morgan fingerprint density at radius 1 is 1.12 bits per heavy atom. The Labute approximate surface area is 229 Å². The Bertz CT molecular complexity index is 1420. The summed E-state index contributed by atoms with van der Waals surface area (Å²) >= 11 is 0. The predicted molar refractivity (Wildman–Crippen MR) is 137 cm³/mol. The highest BCUT2D eigenvalue weighted by Crippen LogP contribution is 2.30. The number of fused-ring (bicyclic) bond motifs is 1. The molecule has 1 fully saturated rings. The van der Waals surface area contributed by atoms with Gasteiger partial charge in [-0.1, -0.05) is 0 Å². The van der Waals surface area contributed by atoms with Crippen LogP contribution in [0, 0.1) is 11.6 Å². The largest absolute Gasteiger partial charge is 0.434 e. The van der Waals surface area contributed by atoms with E-state index in [1.807, 2.05) is 18.7 Å². The van der Waals surface area contributed by atoms with Crippen LogP contribution in [0.3, 0.4) is 0 Å². The van der Waals surface area contributed by atoms with Crippen LogP contribution in [0.4, 0.5) is 14.6 Å². The van der Waals surface area contributed by atoms with Gasteiger partial charge in [0.15, 0.2) is 23.0 Å². The van der Waals surface area contributed by atoms with Crippen LogP contribution in [-0.2, 0) is 22.6 Å². The van der Waals surface area contributed by atoms with Gasteiger partial charge in [0.2, 0.25) is 11.8 Å². The standard InChI is InChI=1S/C26H30F2N8O4/c1-16(23(37)33-20-11-30-22(12-29-20)40-19-5-4-17(27)10-18(19)28)34-8-9-35(25(2,3)13-34)24(38)26(39)7-6-21-31-15-32-36(21)14-26/h4-5,10-12,15-16,39H,6-9,13-14H2,1-3H3,(H,29,33,37)/t16-,26+/m0/s1. The molecule has 2 aromatic heterocycles. The minimum Gasteiger partial charge on any atom is -0.434 e. The molecule has 0 spiro atoms. The first kappa shape index (κ1) is 27.5. The number of halogens is 2. The summed E-state index contributed by atoms with van der Waals surface area (Å²) < 4.78 is 33.8. The van der Waals surface area contributed by atoms with Gasteiger partial charge in [0.1, 0.15) is 18.0 Å². The van der Waals surface area contributed by atoms with Crippen LogP contribution in [0.5, 0.6) is 11.6 Å². The lowest BCUT2D eigenvalue weighted by atomic mass is 9.88. The van der Waals surface area contributed by atoms with Gasteiger partial charge in [-0.3, -0.25) is 14.5 Å². The predicted octanol–water partition coefficient (Wildman–Crippen LogP) is 1.77. The van der Waals surface area contributed by atoms with Crippen molar-refractivity contribution in [2.45, 2.75) is 57.3 Å². The van der Waals surface area contributed by atoms with Crippen LogP contribution in [0.2, 0.25) is 0 Å². The lowest BCUT2D eigenvalue weighted by Gasteiger charge is -2.50. The van der Waals surface area contributed by atoms with Crippen molar-refractivity contribution in [2.24, 2.45) is 0 Å². The van der Waals surface area contributed by atoms with Gasteiger partial charge in [-0.2, -0.15) is 5.10 Å². The number of aliphatic hydroxyl groups is 1. The van der Waals surface area contributed by atoms with Gasteiger partial charge in [0.25, 0.3) is 5.91 Å². The van der Waals surface area contributed by atoms with E-state index in [2.05, 4.69) is 25.4 Å². The molecule has 5 rings (SSSR count). The maximum Gasteiger partial charge on any atom is 0.257 e. The summed E-state index contributed by atoms with van der Waals surface area (Å²) in [7, 11) is 0. The molecule has 14 heteroatoms. The quantitative estimate of drug-likeness (QED) is 0.465. The van der Waals surface area contributed by atoms with E-state index in [0.29, 0.717) is 32.1 Å². The zero-order valence-electron chi connectivity index (χ0n) is 22.3. The van der Waals surface area contributed by atoms with E-state index in [-0.39, 0.29) is 42.2 Å². The lowest BCUT2D eigenvalue weighted by Crippen LogP contribution is -2.67. The van der Waals surface area contributed by atoms with Gasteiger partial charge in [0.05, 0.1) is 30.5 Å². The molecule has 4 heterocycles. The van der Waals surface area contributed by atoms with Gasteiger partial charge in [0, 0.05) is 32.1 Å². The number of aryl methyl sites for hydroxylation is 1. The number of rotatable bonds is 6. The molecule has 0 saturated carbocycles. The second kappa shape index (κ2) is 10.5. The number of nitrogens with one attached hydrogen (secondary N) is 1. The number of nitrogens with zero attached hydrogens (tertiary/aromatic N) is 7. The Hall–Kier alpha value is -4.04. The van der Waals surface area contributed by atoms with Crippen molar-refractivity contribution in [3.8, 4) is 11.6 Å². The number of anilines is 1. The molecule has 0 radical (unpaired) electrons. The first-order chi connectivity index (χ1) is 18.9. The van der Waals surface area contributed by atoms with Crippen molar-refractivity contribution in [3.63, 3.8) is 0 Å². The maximum absolute atomic E-state index is 13.8. The molecule has 2 aliphatic rings. The Morgan fingerprint density at radius 3 is 2.62 bits per heavy atom. The van der Waals surface area contributed by atoms with E-state index in [1.165, 1.54) is 18.7 Å². The van der Waals surface area contributed by atoms with Gasteiger partial charge in [-0.15, -0.1) is 0 Å². The monoisotopic (exact) mass is 556 g/mol. The molecular formula is C26H30F2N8O4. The summed E-state index contributed by atoms with van der Waals surface area (Å²) in [6.07, 6.45) is 4.63. The van der Waals surface area contributed by atoms with Gasteiger partial charge < -0.3 is 20.1 Å². The van der Waals surface area contributed by atoms with Crippen LogP contribution in [0.15, 0.2) is 36.9 Å². The second-order valence-electron chi connectivity index (χ2n) is 10.7. The van der Waals surface area contributed by atoms with Crippen LogP contribution >= 0.6 is 0 Å². The smallest absolute Gasteiger partial charge is 0.257 e. The number of hydrogen-bond donors (Lipinski definition) is 2. The molecule has 1 aromatic carbocycles. The average molecular weight is 557 g/mol. The molecular weight excluding hydrogens is 526 g/mol. The maximum atomic E-state index is 13.8. The fourth-order valence-electron chi connectivity index (χ4n) is 5.09. The number of amides is 2. The first-order valence-electron chi connectivity index (χ1n) is 12.9. The number of hydrogen-bond acceptors (Lipinski definition) is 9. The SMILES string of the molecule is C[C@@H](C(=O)Nc1cnc(Oc2ccc(F)cc2F)cn1)N1CCN(C(=O)[C@@]2(O)CCc3ncnn3C2)C(C)(C)C1. The third kappa shape index (κ3) is 5.49. The van der Waals surface area contributed by atoms with Crippen LogP contribution in [0.25, 0.3) is 0 Å². The lowest BCUT2D eigenvalue weighted by molar-refractivity contribution is -0.165. The summed E-state index contributed by atoms with van der Waals surface area (Å²) in [5.74, 6) is -1.61. The van der Waals surface area contributed by atoms with E-state index in [9.17, 15) is 23.5 Å². The number of ether oxygens (including phenoxy) is 1. The molecule has 2 atom stereocenters. The normalized spacial score (nSPS) is 21.4. The molecule has 1 saturated heterocycles. The van der Waals surface area contributed by atoms with E-state index in [1.54, 1.807) is 16.5 Å². The zero-order chi connectivity index (χ0) is 28.7. The molecule has 3 aromatic rings. The Kier molecular flexibility index (Phi) is 7.23. The number of benzene rings is 1. The molecule has 12 nitrogen and oxygen atoms in total.